The lowest BCUT2D eigenvalue weighted by atomic mass is 10.1. The first-order chi connectivity index (χ1) is 12.2. The predicted octanol–water partition coefficient (Wildman–Crippen LogP) is 2.86. The molecule has 2 aliphatic rings. The zero-order valence-electron chi connectivity index (χ0n) is 14.1. The minimum absolute atomic E-state index is 0.0830. The molecule has 1 aromatic heterocycles. The van der Waals surface area contributed by atoms with Gasteiger partial charge in [0.2, 0.25) is 0 Å². The Hall–Kier alpha value is -2.34. The van der Waals surface area contributed by atoms with Crippen LogP contribution in [0.15, 0.2) is 28.8 Å². The van der Waals surface area contributed by atoms with Crippen LogP contribution in [0, 0.1) is 0 Å². The Morgan fingerprint density at radius 1 is 1.24 bits per heavy atom. The van der Waals surface area contributed by atoms with E-state index in [0.717, 1.165) is 49.0 Å². The molecule has 4 rings (SSSR count). The number of aromatic hydroxyl groups is 1. The molecule has 25 heavy (non-hydrogen) atoms. The van der Waals surface area contributed by atoms with Gasteiger partial charge in [-0.05, 0) is 37.0 Å². The Balaban J connectivity index is 1.53. The first-order valence-electron chi connectivity index (χ1n) is 8.89. The lowest BCUT2D eigenvalue weighted by Gasteiger charge is -2.33. The molecule has 1 fully saturated rings. The van der Waals surface area contributed by atoms with Crippen molar-refractivity contribution in [3.8, 4) is 5.75 Å². The van der Waals surface area contributed by atoms with Crippen molar-refractivity contribution in [2.24, 2.45) is 0 Å². The highest BCUT2D eigenvalue weighted by atomic mass is 16.5. The average Bonchev–Trinajstić information content (AvgIpc) is 2.89. The molecule has 0 bridgehead atoms. The molecule has 6 heteroatoms. The highest BCUT2D eigenvalue weighted by molar-refractivity contribution is 5.94. The molecular weight excluding hydrogens is 320 g/mol. The number of morpholine rings is 1. The molecule has 1 unspecified atom stereocenters. The van der Waals surface area contributed by atoms with Crippen molar-refractivity contribution < 1.29 is 19.2 Å². The molecule has 2 heterocycles. The van der Waals surface area contributed by atoms with E-state index in [-0.39, 0.29) is 17.8 Å². The van der Waals surface area contributed by atoms with Gasteiger partial charge in [0.25, 0.3) is 5.91 Å². The van der Waals surface area contributed by atoms with Crippen molar-refractivity contribution in [3.63, 3.8) is 0 Å². The van der Waals surface area contributed by atoms with Crippen molar-refractivity contribution >= 4 is 5.91 Å². The van der Waals surface area contributed by atoms with Crippen LogP contribution in [0.3, 0.4) is 0 Å². The predicted molar refractivity (Wildman–Crippen MR) is 90.5 cm³/mol. The number of rotatable bonds is 2. The number of benzene rings is 1. The monoisotopic (exact) mass is 342 g/mol. The number of amides is 1. The molecule has 1 atom stereocenters. The van der Waals surface area contributed by atoms with E-state index in [2.05, 4.69) is 5.16 Å². The Kier molecular flexibility index (Phi) is 4.44. The van der Waals surface area contributed by atoms with Crippen LogP contribution in [-0.4, -0.2) is 40.8 Å². The zero-order valence-corrected chi connectivity index (χ0v) is 14.1. The van der Waals surface area contributed by atoms with E-state index in [0.29, 0.717) is 25.4 Å². The molecule has 1 saturated heterocycles. The normalized spacial score (nSPS) is 20.8. The largest absolute Gasteiger partial charge is 0.508 e. The van der Waals surface area contributed by atoms with Gasteiger partial charge >= 0.3 is 0 Å². The summed E-state index contributed by atoms with van der Waals surface area (Å²) in [5.74, 6) is 0.991. The van der Waals surface area contributed by atoms with Crippen molar-refractivity contribution in [1.82, 2.24) is 10.1 Å². The Morgan fingerprint density at radius 3 is 3.00 bits per heavy atom. The maximum atomic E-state index is 13.0. The maximum absolute atomic E-state index is 13.0. The summed E-state index contributed by atoms with van der Waals surface area (Å²) >= 11 is 0. The van der Waals surface area contributed by atoms with Gasteiger partial charge in [0, 0.05) is 18.5 Å². The second-order valence-electron chi connectivity index (χ2n) is 6.70. The topological polar surface area (TPSA) is 75.8 Å². The Morgan fingerprint density at radius 2 is 2.12 bits per heavy atom. The van der Waals surface area contributed by atoms with Crippen LogP contribution in [0.25, 0.3) is 0 Å². The van der Waals surface area contributed by atoms with Crippen LogP contribution in [-0.2, 0) is 17.6 Å². The summed E-state index contributed by atoms with van der Waals surface area (Å²) in [5, 5.41) is 13.7. The standard InChI is InChI=1S/C19H22N2O4/c22-14-6-4-5-13(11-14)17-12-21(9-10-24-17)19(23)18-15-7-2-1-3-8-16(15)25-20-18/h4-6,11,17,22H,1-3,7-10,12H2. The molecule has 1 amide bonds. The fourth-order valence-corrected chi connectivity index (χ4v) is 3.64. The number of hydrogen-bond acceptors (Lipinski definition) is 5. The fraction of sp³-hybridized carbons (Fsp3) is 0.474. The van der Waals surface area contributed by atoms with Crippen LogP contribution in [0.2, 0.25) is 0 Å². The summed E-state index contributed by atoms with van der Waals surface area (Å²) < 4.78 is 11.2. The highest BCUT2D eigenvalue weighted by Gasteiger charge is 2.31. The molecule has 1 aromatic carbocycles. The van der Waals surface area contributed by atoms with Crippen LogP contribution in [0.1, 0.15) is 52.7 Å². The molecule has 132 valence electrons. The van der Waals surface area contributed by atoms with E-state index < -0.39 is 0 Å². The van der Waals surface area contributed by atoms with Gasteiger partial charge in [-0.3, -0.25) is 4.79 Å². The maximum Gasteiger partial charge on any atom is 0.276 e. The van der Waals surface area contributed by atoms with Crippen LogP contribution in [0.5, 0.6) is 5.75 Å². The van der Waals surface area contributed by atoms with Gasteiger partial charge in [-0.2, -0.15) is 0 Å². The number of aryl methyl sites for hydroxylation is 1. The average molecular weight is 342 g/mol. The summed E-state index contributed by atoms with van der Waals surface area (Å²) in [7, 11) is 0. The number of nitrogens with zero attached hydrogens (tertiary/aromatic N) is 2. The van der Waals surface area contributed by atoms with Crippen LogP contribution >= 0.6 is 0 Å². The van der Waals surface area contributed by atoms with E-state index in [9.17, 15) is 9.90 Å². The van der Waals surface area contributed by atoms with Crippen LogP contribution < -0.4 is 0 Å². The number of aromatic nitrogens is 1. The molecule has 2 aromatic rings. The highest BCUT2D eigenvalue weighted by Crippen LogP contribution is 2.28. The molecule has 0 spiro atoms. The number of hydrogen-bond donors (Lipinski definition) is 1. The van der Waals surface area contributed by atoms with Gasteiger partial charge in [0.15, 0.2) is 5.69 Å². The number of carbonyl (C=O) groups excluding carboxylic acids is 1. The number of phenols is 1. The number of fused-ring (bicyclic) bond motifs is 1. The molecule has 1 aliphatic carbocycles. The van der Waals surface area contributed by atoms with Crippen molar-refractivity contribution in [3.05, 3.63) is 46.8 Å². The summed E-state index contributed by atoms with van der Waals surface area (Å²) in [6.45, 7) is 1.45. The Labute approximate surface area is 146 Å². The fourth-order valence-electron chi connectivity index (χ4n) is 3.64. The minimum Gasteiger partial charge on any atom is -0.508 e. The van der Waals surface area contributed by atoms with Gasteiger partial charge in [0.05, 0.1) is 13.2 Å². The second kappa shape index (κ2) is 6.88. The zero-order chi connectivity index (χ0) is 17.2. The number of ether oxygens (including phenoxy) is 1. The van der Waals surface area contributed by atoms with E-state index in [1.54, 1.807) is 23.1 Å². The summed E-state index contributed by atoms with van der Waals surface area (Å²) in [4.78, 5) is 14.8. The van der Waals surface area contributed by atoms with Gasteiger partial charge < -0.3 is 19.3 Å². The van der Waals surface area contributed by atoms with Crippen molar-refractivity contribution in [1.29, 1.82) is 0 Å². The van der Waals surface area contributed by atoms with E-state index in [4.69, 9.17) is 9.26 Å². The summed E-state index contributed by atoms with van der Waals surface area (Å²) in [6.07, 6.45) is 4.81. The third-order valence-electron chi connectivity index (χ3n) is 5.00. The Bertz CT molecular complexity index is 771. The van der Waals surface area contributed by atoms with Gasteiger partial charge in [-0.25, -0.2) is 0 Å². The summed E-state index contributed by atoms with van der Waals surface area (Å²) in [6, 6.07) is 6.99. The van der Waals surface area contributed by atoms with Crippen molar-refractivity contribution in [2.45, 2.75) is 38.2 Å². The van der Waals surface area contributed by atoms with Gasteiger partial charge in [-0.15, -0.1) is 0 Å². The quantitative estimate of drug-likeness (QED) is 0.849. The minimum atomic E-state index is -0.240. The molecule has 1 aliphatic heterocycles. The first-order valence-corrected chi connectivity index (χ1v) is 8.89. The third-order valence-corrected chi connectivity index (χ3v) is 5.00. The number of carbonyl (C=O) groups is 1. The first kappa shape index (κ1) is 16.1. The van der Waals surface area contributed by atoms with Crippen LogP contribution in [0.4, 0.5) is 0 Å². The van der Waals surface area contributed by atoms with Gasteiger partial charge in [-0.1, -0.05) is 23.7 Å². The molecule has 1 N–H and O–H groups in total. The van der Waals surface area contributed by atoms with E-state index in [1.807, 2.05) is 6.07 Å². The van der Waals surface area contributed by atoms with E-state index in [1.165, 1.54) is 0 Å². The molecular formula is C19H22N2O4. The smallest absolute Gasteiger partial charge is 0.276 e. The lowest BCUT2D eigenvalue weighted by Crippen LogP contribution is -2.42. The lowest BCUT2D eigenvalue weighted by molar-refractivity contribution is -0.0232. The molecule has 6 nitrogen and oxygen atoms in total. The molecule has 0 saturated carbocycles. The number of phenolic OH excluding ortho intramolecular Hbond substituents is 1. The second-order valence-corrected chi connectivity index (χ2v) is 6.70. The van der Waals surface area contributed by atoms with Crippen molar-refractivity contribution in [2.75, 3.05) is 19.7 Å². The summed E-state index contributed by atoms with van der Waals surface area (Å²) in [5.41, 5.74) is 2.33. The third kappa shape index (κ3) is 3.26. The van der Waals surface area contributed by atoms with Gasteiger partial charge in [0.1, 0.15) is 17.6 Å². The molecule has 0 radical (unpaired) electrons. The van der Waals surface area contributed by atoms with E-state index >= 15 is 0 Å². The SMILES string of the molecule is O=C(c1noc2c1CCCCC2)N1CCOC(c2cccc(O)c2)C1.